The van der Waals surface area contributed by atoms with Crippen molar-refractivity contribution in [2.75, 3.05) is 20.1 Å². The minimum Gasteiger partial charge on any atom is -0.422 e. The van der Waals surface area contributed by atoms with Crippen LogP contribution < -0.4 is 0 Å². The molecule has 0 bridgehead atoms. The van der Waals surface area contributed by atoms with Crippen LogP contribution in [0.1, 0.15) is 13.3 Å². The van der Waals surface area contributed by atoms with Gasteiger partial charge in [-0.1, -0.05) is 6.92 Å². The van der Waals surface area contributed by atoms with Crippen molar-refractivity contribution in [1.82, 2.24) is 4.90 Å². The summed E-state index contributed by atoms with van der Waals surface area (Å²) in [6.45, 7) is 1.26. The number of hydrogen-bond acceptors (Lipinski definition) is 4. The van der Waals surface area contributed by atoms with Gasteiger partial charge in [-0.2, -0.15) is 0 Å². The van der Waals surface area contributed by atoms with Gasteiger partial charge in [-0.25, -0.2) is 4.79 Å². The third-order valence-electron chi connectivity index (χ3n) is 1.11. The second kappa shape index (κ2) is 5.94. The van der Waals surface area contributed by atoms with Gasteiger partial charge in [-0.05, 0) is 6.42 Å². The zero-order chi connectivity index (χ0) is 8.69. The number of aliphatic hydroxyl groups excluding tert-OH is 2. The number of carbonyl (C=O) groups excluding carboxylic acids is 1. The fourth-order valence-electron chi connectivity index (χ4n) is 0.636. The van der Waals surface area contributed by atoms with Gasteiger partial charge in [0.05, 0.1) is 0 Å². The van der Waals surface area contributed by atoms with Crippen molar-refractivity contribution < 1.29 is 19.7 Å². The molecule has 0 aromatic rings. The molecule has 0 fully saturated rings. The molecule has 0 rings (SSSR count). The minimum absolute atomic E-state index is 0.382. The van der Waals surface area contributed by atoms with Gasteiger partial charge >= 0.3 is 6.09 Å². The number of aliphatic hydroxyl groups is 2. The summed E-state index contributed by atoms with van der Waals surface area (Å²) in [5.74, 6) is 0. The Morgan fingerprint density at radius 3 is 2.55 bits per heavy atom. The number of ether oxygens (including phenoxy) is 1. The Kier molecular flexibility index (Phi) is 5.50. The van der Waals surface area contributed by atoms with E-state index in [1.165, 1.54) is 0 Å². The van der Waals surface area contributed by atoms with Gasteiger partial charge < -0.3 is 14.9 Å². The summed E-state index contributed by atoms with van der Waals surface area (Å²) < 4.78 is 4.23. The van der Waals surface area contributed by atoms with E-state index >= 15 is 0 Å². The molecule has 5 heteroatoms. The van der Waals surface area contributed by atoms with Gasteiger partial charge in [0.25, 0.3) is 0 Å². The molecule has 1 amide bonds. The first-order valence-corrected chi connectivity index (χ1v) is 3.39. The largest absolute Gasteiger partial charge is 0.422 e. The maximum Gasteiger partial charge on any atom is 0.413 e. The summed E-state index contributed by atoms with van der Waals surface area (Å²) in [7, 11) is 0. The summed E-state index contributed by atoms with van der Waals surface area (Å²) in [4.78, 5) is 11.8. The Morgan fingerprint density at radius 2 is 2.18 bits per heavy atom. The second-order valence-electron chi connectivity index (χ2n) is 1.94. The van der Waals surface area contributed by atoms with Crippen molar-refractivity contribution in [2.45, 2.75) is 13.3 Å². The quantitative estimate of drug-likeness (QED) is 0.560. The smallest absolute Gasteiger partial charge is 0.413 e. The van der Waals surface area contributed by atoms with Crippen LogP contribution in [-0.2, 0) is 4.74 Å². The average Bonchev–Trinajstić information content (AvgIpc) is 2.00. The highest BCUT2D eigenvalue weighted by Crippen LogP contribution is 1.93. The number of nitrogens with zero attached hydrogens (tertiary/aromatic N) is 1. The average molecular weight is 163 g/mol. The molecule has 0 unspecified atom stereocenters. The Morgan fingerprint density at radius 1 is 1.55 bits per heavy atom. The lowest BCUT2D eigenvalue weighted by Crippen LogP contribution is -2.33. The van der Waals surface area contributed by atoms with Crippen molar-refractivity contribution in [3.05, 3.63) is 0 Å². The van der Waals surface area contributed by atoms with E-state index in [9.17, 15) is 4.79 Å². The molecular formula is C6H13NO4. The lowest BCUT2D eigenvalue weighted by molar-refractivity contribution is 0.00626. The van der Waals surface area contributed by atoms with E-state index in [0.29, 0.717) is 6.54 Å². The normalized spacial score (nSPS) is 9.36. The molecule has 0 spiro atoms. The topological polar surface area (TPSA) is 70.0 Å². The van der Waals surface area contributed by atoms with E-state index in [-0.39, 0.29) is 6.73 Å². The monoisotopic (exact) mass is 163 g/mol. The maximum absolute atomic E-state index is 10.7. The van der Waals surface area contributed by atoms with E-state index in [0.717, 1.165) is 11.3 Å². The third-order valence-corrected chi connectivity index (χ3v) is 1.11. The number of amides is 1. The van der Waals surface area contributed by atoms with Gasteiger partial charge in [0.2, 0.25) is 0 Å². The predicted octanol–water partition coefficient (Wildman–Crippen LogP) is -0.265. The van der Waals surface area contributed by atoms with Crippen molar-refractivity contribution in [3.8, 4) is 0 Å². The highest BCUT2D eigenvalue weighted by molar-refractivity contribution is 5.67. The molecule has 0 aromatic heterocycles. The van der Waals surface area contributed by atoms with Gasteiger partial charge in [0.15, 0.2) is 6.79 Å². The molecule has 0 aliphatic rings. The van der Waals surface area contributed by atoms with E-state index in [2.05, 4.69) is 4.74 Å². The van der Waals surface area contributed by atoms with Gasteiger partial charge in [0.1, 0.15) is 6.73 Å². The summed E-state index contributed by atoms with van der Waals surface area (Å²) >= 11 is 0. The molecule has 0 saturated carbocycles. The van der Waals surface area contributed by atoms with Crippen LogP contribution in [0.2, 0.25) is 0 Å². The standard InChI is InChI=1S/C6H13NO4/c1-2-3-7(4-8)6(10)11-5-9/h8-9H,2-5H2,1H3. The van der Waals surface area contributed by atoms with Gasteiger partial charge in [-0.3, -0.25) is 4.90 Å². The summed E-state index contributed by atoms with van der Waals surface area (Å²) in [6.07, 6.45) is 0.0398. The fraction of sp³-hybridized carbons (Fsp3) is 0.833. The fourth-order valence-corrected chi connectivity index (χ4v) is 0.636. The third kappa shape index (κ3) is 3.79. The van der Waals surface area contributed by atoms with E-state index in [4.69, 9.17) is 10.2 Å². The van der Waals surface area contributed by atoms with Crippen LogP contribution in [0, 0.1) is 0 Å². The Balaban J connectivity index is 3.71. The highest BCUT2D eigenvalue weighted by Gasteiger charge is 2.10. The summed E-state index contributed by atoms with van der Waals surface area (Å²) in [6, 6.07) is 0. The SMILES string of the molecule is CCCN(CO)C(=O)OCO. The van der Waals surface area contributed by atoms with Crippen LogP contribution in [0.25, 0.3) is 0 Å². The van der Waals surface area contributed by atoms with Gasteiger partial charge in [-0.15, -0.1) is 0 Å². The van der Waals surface area contributed by atoms with Gasteiger partial charge in [0, 0.05) is 6.54 Å². The lowest BCUT2D eigenvalue weighted by Gasteiger charge is -2.17. The van der Waals surface area contributed by atoms with E-state index < -0.39 is 12.9 Å². The Bertz CT molecular complexity index is 117. The molecule has 11 heavy (non-hydrogen) atoms. The van der Waals surface area contributed by atoms with Crippen LogP contribution in [0.5, 0.6) is 0 Å². The molecule has 0 aliphatic heterocycles. The number of carbonyl (C=O) groups is 1. The number of hydrogen-bond donors (Lipinski definition) is 2. The molecule has 0 heterocycles. The van der Waals surface area contributed by atoms with Crippen molar-refractivity contribution in [3.63, 3.8) is 0 Å². The molecule has 0 saturated heterocycles. The lowest BCUT2D eigenvalue weighted by atomic mass is 10.4. The molecule has 0 radical (unpaired) electrons. The van der Waals surface area contributed by atoms with E-state index in [1.54, 1.807) is 0 Å². The first kappa shape index (κ1) is 10.2. The molecule has 0 aliphatic carbocycles. The predicted molar refractivity (Wildman–Crippen MR) is 37.6 cm³/mol. The van der Waals surface area contributed by atoms with E-state index in [1.807, 2.05) is 6.92 Å². The van der Waals surface area contributed by atoms with Crippen LogP contribution in [0.15, 0.2) is 0 Å². The zero-order valence-corrected chi connectivity index (χ0v) is 6.49. The van der Waals surface area contributed by atoms with Crippen molar-refractivity contribution in [2.24, 2.45) is 0 Å². The number of rotatable bonds is 4. The van der Waals surface area contributed by atoms with Crippen molar-refractivity contribution >= 4 is 6.09 Å². The van der Waals surface area contributed by atoms with Crippen LogP contribution in [0.3, 0.4) is 0 Å². The van der Waals surface area contributed by atoms with Crippen molar-refractivity contribution in [1.29, 1.82) is 0 Å². The summed E-state index contributed by atoms with van der Waals surface area (Å²) in [5, 5.41) is 16.8. The zero-order valence-electron chi connectivity index (χ0n) is 6.49. The summed E-state index contributed by atoms with van der Waals surface area (Å²) in [5.41, 5.74) is 0. The molecule has 0 aromatic carbocycles. The molecular weight excluding hydrogens is 150 g/mol. The highest BCUT2D eigenvalue weighted by atomic mass is 16.6. The Hall–Kier alpha value is -0.810. The molecule has 2 N–H and O–H groups in total. The molecule has 66 valence electrons. The van der Waals surface area contributed by atoms with Crippen LogP contribution in [0.4, 0.5) is 4.79 Å². The van der Waals surface area contributed by atoms with Crippen LogP contribution >= 0.6 is 0 Å². The first-order chi connectivity index (χ1) is 5.26. The minimum atomic E-state index is -0.697. The second-order valence-corrected chi connectivity index (χ2v) is 1.94. The Labute approximate surface area is 65.2 Å². The molecule has 5 nitrogen and oxygen atoms in total. The van der Waals surface area contributed by atoms with Crippen LogP contribution in [-0.4, -0.2) is 41.3 Å². The molecule has 0 atom stereocenters. The maximum atomic E-state index is 10.7. The first-order valence-electron chi connectivity index (χ1n) is 3.39.